The molecule has 0 aliphatic heterocycles. The number of halogens is 2. The Morgan fingerprint density at radius 3 is 2.79 bits per heavy atom. The fraction of sp³-hybridized carbons (Fsp3) is 0.182. The number of alkyl halides is 2. The van der Waals surface area contributed by atoms with Crippen molar-refractivity contribution in [2.45, 2.75) is 6.43 Å². The van der Waals surface area contributed by atoms with E-state index in [0.29, 0.717) is 11.0 Å². The van der Waals surface area contributed by atoms with Crippen LogP contribution < -0.4 is 5.32 Å². The van der Waals surface area contributed by atoms with Crippen LogP contribution in [-0.4, -0.2) is 52.9 Å². The number of nitrogens with zero attached hydrogens (tertiary/aromatic N) is 2. The van der Waals surface area contributed by atoms with E-state index in [2.05, 4.69) is 15.3 Å². The van der Waals surface area contributed by atoms with Gasteiger partial charge >= 0.3 is 5.97 Å². The maximum absolute atomic E-state index is 12.0. The zero-order valence-electron chi connectivity index (χ0n) is 10.1. The number of carboxylic acids is 1. The molecule has 95 valence electrons. The van der Waals surface area contributed by atoms with Gasteiger partial charge in [-0.3, -0.25) is 0 Å². The summed E-state index contributed by atoms with van der Waals surface area (Å²) in [7, 11) is 0. The van der Waals surface area contributed by atoms with Gasteiger partial charge in [0.1, 0.15) is 5.82 Å². The van der Waals surface area contributed by atoms with Gasteiger partial charge in [-0.05, 0) is 18.2 Å². The van der Waals surface area contributed by atoms with Crippen molar-refractivity contribution in [1.82, 2.24) is 9.97 Å². The third-order valence-corrected chi connectivity index (χ3v) is 2.23. The second-order valence-electron chi connectivity index (χ2n) is 3.54. The molecule has 2 aromatic rings. The molecule has 0 fully saturated rings. The molecule has 0 atom stereocenters. The van der Waals surface area contributed by atoms with Crippen LogP contribution in [0.5, 0.6) is 0 Å². The number of rotatable bonds is 4. The molecule has 0 spiro atoms. The predicted octanol–water partition coefficient (Wildman–Crippen LogP) is 1.62. The van der Waals surface area contributed by atoms with Crippen LogP contribution in [-0.2, 0) is 0 Å². The van der Waals surface area contributed by atoms with Gasteiger partial charge in [0.25, 0.3) is 6.43 Å². The molecule has 5 nitrogen and oxygen atoms in total. The second-order valence-corrected chi connectivity index (χ2v) is 3.54. The monoisotopic (exact) mass is 260 g/mol. The summed E-state index contributed by atoms with van der Waals surface area (Å²) in [5.41, 5.74) is 0.358. The SMILES string of the molecule is O=C(O)c1cnc2nc(NCC(F)F)ccc2c1.[Li]. The van der Waals surface area contributed by atoms with Crippen LogP contribution in [0.2, 0.25) is 0 Å². The van der Waals surface area contributed by atoms with E-state index in [-0.39, 0.29) is 30.2 Å². The van der Waals surface area contributed by atoms with Crippen LogP contribution in [0.15, 0.2) is 24.4 Å². The Morgan fingerprint density at radius 2 is 2.16 bits per heavy atom. The van der Waals surface area contributed by atoms with Crippen LogP contribution in [0.1, 0.15) is 10.4 Å². The number of fused-ring (bicyclic) bond motifs is 1. The Balaban J connectivity index is 0.00000180. The van der Waals surface area contributed by atoms with E-state index in [9.17, 15) is 13.6 Å². The van der Waals surface area contributed by atoms with Crippen molar-refractivity contribution in [3.8, 4) is 0 Å². The average molecular weight is 260 g/mol. The van der Waals surface area contributed by atoms with E-state index in [4.69, 9.17) is 5.11 Å². The molecule has 19 heavy (non-hydrogen) atoms. The third kappa shape index (κ3) is 3.88. The molecular weight excluding hydrogens is 251 g/mol. The molecule has 0 aliphatic rings. The summed E-state index contributed by atoms with van der Waals surface area (Å²) in [6, 6.07) is 4.50. The van der Waals surface area contributed by atoms with Crippen LogP contribution in [0.25, 0.3) is 11.0 Å². The van der Waals surface area contributed by atoms with Gasteiger partial charge in [0.15, 0.2) is 5.65 Å². The van der Waals surface area contributed by atoms with Gasteiger partial charge in [0.2, 0.25) is 0 Å². The molecule has 2 N–H and O–H groups in total. The van der Waals surface area contributed by atoms with Crippen LogP contribution in [0.4, 0.5) is 14.6 Å². The number of carbonyl (C=O) groups is 1. The van der Waals surface area contributed by atoms with Crippen molar-refractivity contribution in [2.75, 3.05) is 11.9 Å². The Bertz CT molecular complexity index is 595. The van der Waals surface area contributed by atoms with Crippen LogP contribution >= 0.6 is 0 Å². The number of anilines is 1. The minimum atomic E-state index is -2.47. The number of hydrogen-bond donors (Lipinski definition) is 2. The summed E-state index contributed by atoms with van der Waals surface area (Å²) in [5.74, 6) is -0.803. The van der Waals surface area contributed by atoms with Gasteiger partial charge in [0, 0.05) is 30.4 Å². The van der Waals surface area contributed by atoms with Crippen molar-refractivity contribution < 1.29 is 18.7 Å². The summed E-state index contributed by atoms with van der Waals surface area (Å²) in [6.45, 7) is -0.494. The maximum atomic E-state index is 12.0. The minimum absolute atomic E-state index is 0. The van der Waals surface area contributed by atoms with Crippen molar-refractivity contribution in [2.24, 2.45) is 0 Å². The van der Waals surface area contributed by atoms with E-state index < -0.39 is 18.9 Å². The molecule has 0 bridgehead atoms. The zero-order chi connectivity index (χ0) is 13.1. The summed E-state index contributed by atoms with van der Waals surface area (Å²) in [4.78, 5) is 18.6. The quantitative estimate of drug-likeness (QED) is 0.817. The first-order valence-electron chi connectivity index (χ1n) is 5.08. The first-order chi connectivity index (χ1) is 8.56. The van der Waals surface area contributed by atoms with Gasteiger partial charge in [-0.15, -0.1) is 0 Å². The molecule has 2 heterocycles. The van der Waals surface area contributed by atoms with Crippen LogP contribution in [0, 0.1) is 0 Å². The normalized spacial score (nSPS) is 10.3. The number of pyridine rings is 2. The van der Waals surface area contributed by atoms with E-state index in [1.165, 1.54) is 18.3 Å². The number of carboxylic acid groups (broad SMARTS) is 1. The minimum Gasteiger partial charge on any atom is -0.478 e. The van der Waals surface area contributed by atoms with Crippen LogP contribution in [0.3, 0.4) is 0 Å². The van der Waals surface area contributed by atoms with Gasteiger partial charge in [-0.1, -0.05) is 0 Å². The van der Waals surface area contributed by atoms with E-state index in [1.54, 1.807) is 6.07 Å². The smallest absolute Gasteiger partial charge is 0.337 e. The zero-order valence-corrected chi connectivity index (χ0v) is 10.1. The van der Waals surface area contributed by atoms with Gasteiger partial charge < -0.3 is 10.4 Å². The van der Waals surface area contributed by atoms with Gasteiger partial charge in [-0.2, -0.15) is 0 Å². The molecule has 2 rings (SSSR count). The summed E-state index contributed by atoms with van der Waals surface area (Å²) >= 11 is 0. The number of hydrogen-bond acceptors (Lipinski definition) is 4. The molecule has 0 saturated heterocycles. The van der Waals surface area contributed by atoms with Crippen molar-refractivity contribution in [1.29, 1.82) is 0 Å². The largest absolute Gasteiger partial charge is 0.478 e. The molecule has 0 aromatic carbocycles. The first-order valence-corrected chi connectivity index (χ1v) is 5.08. The first kappa shape index (κ1) is 15.3. The summed E-state index contributed by atoms with van der Waals surface area (Å²) in [6.07, 6.45) is -1.29. The topological polar surface area (TPSA) is 75.1 Å². The standard InChI is InChI=1S/C11H9F2N3O2.Li/c12-8(13)5-14-9-2-1-6-3-7(11(17)18)4-15-10(6)16-9;/h1-4,8H,5H2,(H,17,18)(H,14,15,16);. The number of aromatic carboxylic acids is 1. The molecule has 8 heteroatoms. The third-order valence-electron chi connectivity index (χ3n) is 2.23. The summed E-state index contributed by atoms with van der Waals surface area (Å²) in [5, 5.41) is 11.8. The van der Waals surface area contributed by atoms with Gasteiger partial charge in [0.05, 0.1) is 12.1 Å². The van der Waals surface area contributed by atoms with E-state index in [1.807, 2.05) is 0 Å². The Morgan fingerprint density at radius 1 is 1.42 bits per heavy atom. The fourth-order valence-corrected chi connectivity index (χ4v) is 1.41. The van der Waals surface area contributed by atoms with Crippen molar-refractivity contribution in [3.63, 3.8) is 0 Å². The molecule has 0 saturated carbocycles. The summed E-state index contributed by atoms with van der Waals surface area (Å²) < 4.78 is 24.0. The molecule has 0 amide bonds. The van der Waals surface area contributed by atoms with E-state index in [0.717, 1.165) is 0 Å². The molecule has 0 unspecified atom stereocenters. The predicted molar refractivity (Wildman–Crippen MR) is 66.7 cm³/mol. The van der Waals surface area contributed by atoms with Gasteiger partial charge in [-0.25, -0.2) is 23.5 Å². The number of aromatic nitrogens is 2. The Hall–Kier alpha value is -1.71. The fourth-order valence-electron chi connectivity index (χ4n) is 1.41. The maximum Gasteiger partial charge on any atom is 0.337 e. The molecular formula is C11H9F2LiN3O2. The second kappa shape index (κ2) is 6.45. The van der Waals surface area contributed by atoms with Crippen molar-refractivity contribution >= 4 is 41.7 Å². The van der Waals surface area contributed by atoms with Crippen molar-refractivity contribution in [3.05, 3.63) is 30.0 Å². The number of nitrogens with one attached hydrogen (secondary N) is 1. The molecule has 2 aromatic heterocycles. The van der Waals surface area contributed by atoms with E-state index >= 15 is 0 Å². The Kier molecular flexibility index (Phi) is 5.21. The Labute approximate surface area is 119 Å². The molecule has 1 radical (unpaired) electrons. The average Bonchev–Trinajstić information content (AvgIpc) is 2.35. The molecule has 0 aliphatic carbocycles.